The summed E-state index contributed by atoms with van der Waals surface area (Å²) in [5.74, 6) is -1.62. The standard InChI is InChI=1S/C15H15F2N3O4/c1-15(2,13(22)23)20-8-10(7-18-20)19-12(21)9-3-5-11(6-4-9)24-14(16)17/h3-8,14H,1-2H3,(H,19,21)(H,22,23). The number of ether oxygens (including phenoxy) is 1. The minimum Gasteiger partial charge on any atom is -0.479 e. The van der Waals surface area contributed by atoms with Gasteiger partial charge in [-0.25, -0.2) is 4.79 Å². The highest BCUT2D eigenvalue weighted by atomic mass is 19.3. The van der Waals surface area contributed by atoms with Crippen molar-refractivity contribution in [2.24, 2.45) is 0 Å². The molecule has 0 unspecified atom stereocenters. The van der Waals surface area contributed by atoms with Crippen molar-refractivity contribution in [2.45, 2.75) is 26.0 Å². The van der Waals surface area contributed by atoms with E-state index in [9.17, 15) is 18.4 Å². The van der Waals surface area contributed by atoms with E-state index in [0.29, 0.717) is 5.69 Å². The molecule has 1 aromatic heterocycles. The maximum absolute atomic E-state index is 12.1. The van der Waals surface area contributed by atoms with Gasteiger partial charge in [-0.05, 0) is 38.1 Å². The number of benzene rings is 1. The van der Waals surface area contributed by atoms with E-state index in [1.807, 2.05) is 0 Å². The number of nitrogens with zero attached hydrogens (tertiary/aromatic N) is 2. The van der Waals surface area contributed by atoms with Crippen molar-refractivity contribution in [3.8, 4) is 5.75 Å². The number of carboxylic acid groups (broad SMARTS) is 1. The molecule has 2 N–H and O–H groups in total. The van der Waals surface area contributed by atoms with Crippen LogP contribution in [0.3, 0.4) is 0 Å². The average Bonchev–Trinajstić information content (AvgIpc) is 2.96. The molecule has 1 heterocycles. The van der Waals surface area contributed by atoms with Crippen LogP contribution in [0.25, 0.3) is 0 Å². The number of rotatable bonds is 6. The zero-order chi connectivity index (χ0) is 17.9. The molecule has 24 heavy (non-hydrogen) atoms. The van der Waals surface area contributed by atoms with E-state index in [1.165, 1.54) is 55.2 Å². The van der Waals surface area contributed by atoms with Gasteiger partial charge in [-0.15, -0.1) is 0 Å². The molecular formula is C15H15F2N3O4. The van der Waals surface area contributed by atoms with Crippen LogP contribution in [0.15, 0.2) is 36.7 Å². The molecular weight excluding hydrogens is 324 g/mol. The topological polar surface area (TPSA) is 93.5 Å². The average molecular weight is 339 g/mol. The lowest BCUT2D eigenvalue weighted by atomic mass is 10.1. The Morgan fingerprint density at radius 3 is 2.46 bits per heavy atom. The third kappa shape index (κ3) is 3.86. The molecule has 0 saturated carbocycles. The van der Waals surface area contributed by atoms with Gasteiger partial charge in [-0.2, -0.15) is 13.9 Å². The van der Waals surface area contributed by atoms with Gasteiger partial charge in [0.15, 0.2) is 5.54 Å². The highest BCUT2D eigenvalue weighted by Gasteiger charge is 2.30. The first-order valence-corrected chi connectivity index (χ1v) is 6.85. The molecule has 1 amide bonds. The number of carbonyl (C=O) groups excluding carboxylic acids is 1. The molecule has 0 aliphatic carbocycles. The van der Waals surface area contributed by atoms with Crippen LogP contribution in [0.5, 0.6) is 5.75 Å². The van der Waals surface area contributed by atoms with E-state index in [4.69, 9.17) is 5.11 Å². The molecule has 9 heteroatoms. The second-order valence-corrected chi connectivity index (χ2v) is 5.39. The third-order valence-corrected chi connectivity index (χ3v) is 3.28. The van der Waals surface area contributed by atoms with Crippen LogP contribution in [0.4, 0.5) is 14.5 Å². The van der Waals surface area contributed by atoms with Gasteiger partial charge < -0.3 is 15.2 Å². The Morgan fingerprint density at radius 1 is 1.29 bits per heavy atom. The van der Waals surface area contributed by atoms with Gasteiger partial charge in [0, 0.05) is 11.8 Å². The van der Waals surface area contributed by atoms with Crippen LogP contribution in [0.2, 0.25) is 0 Å². The quantitative estimate of drug-likeness (QED) is 0.844. The molecule has 0 atom stereocenters. The fourth-order valence-corrected chi connectivity index (χ4v) is 1.78. The van der Waals surface area contributed by atoms with Crippen molar-refractivity contribution in [3.05, 3.63) is 42.2 Å². The van der Waals surface area contributed by atoms with Crippen molar-refractivity contribution in [1.29, 1.82) is 0 Å². The molecule has 0 radical (unpaired) electrons. The van der Waals surface area contributed by atoms with Crippen LogP contribution < -0.4 is 10.1 Å². The van der Waals surface area contributed by atoms with Gasteiger partial charge >= 0.3 is 12.6 Å². The summed E-state index contributed by atoms with van der Waals surface area (Å²) >= 11 is 0. The number of carboxylic acids is 1. The molecule has 0 aliphatic heterocycles. The maximum atomic E-state index is 12.1. The van der Waals surface area contributed by atoms with E-state index in [1.54, 1.807) is 0 Å². The Bertz CT molecular complexity index is 741. The molecule has 7 nitrogen and oxygen atoms in total. The lowest BCUT2D eigenvalue weighted by Crippen LogP contribution is -2.35. The first-order valence-electron chi connectivity index (χ1n) is 6.85. The normalized spacial score (nSPS) is 11.4. The minimum absolute atomic E-state index is 0.0578. The van der Waals surface area contributed by atoms with Crippen molar-refractivity contribution < 1.29 is 28.2 Å². The number of halogens is 2. The number of hydrogen-bond donors (Lipinski definition) is 2. The van der Waals surface area contributed by atoms with E-state index >= 15 is 0 Å². The largest absolute Gasteiger partial charge is 0.479 e. The monoisotopic (exact) mass is 339 g/mol. The number of nitrogens with one attached hydrogen (secondary N) is 1. The number of anilines is 1. The Labute approximate surface area is 135 Å². The first-order chi connectivity index (χ1) is 11.2. The van der Waals surface area contributed by atoms with Gasteiger partial charge in [0.05, 0.1) is 11.9 Å². The molecule has 0 bridgehead atoms. The Hall–Kier alpha value is -2.97. The van der Waals surface area contributed by atoms with Crippen molar-refractivity contribution in [2.75, 3.05) is 5.32 Å². The summed E-state index contributed by atoms with van der Waals surface area (Å²) in [6.07, 6.45) is 2.71. The molecule has 2 aromatic rings. The molecule has 0 spiro atoms. The van der Waals surface area contributed by atoms with Crippen LogP contribution in [0.1, 0.15) is 24.2 Å². The predicted octanol–water partition coefficient (Wildman–Crippen LogP) is 2.56. The fraction of sp³-hybridized carbons (Fsp3) is 0.267. The van der Waals surface area contributed by atoms with Crippen molar-refractivity contribution >= 4 is 17.6 Å². The van der Waals surface area contributed by atoms with E-state index < -0.39 is 24.0 Å². The van der Waals surface area contributed by atoms with Crippen LogP contribution in [-0.2, 0) is 10.3 Å². The number of aliphatic carboxylic acids is 1. The zero-order valence-electron chi connectivity index (χ0n) is 12.9. The lowest BCUT2D eigenvalue weighted by Gasteiger charge is -2.19. The van der Waals surface area contributed by atoms with Gasteiger partial charge in [-0.3, -0.25) is 9.48 Å². The molecule has 2 rings (SSSR count). The Kier molecular flexibility index (Phi) is 4.82. The predicted molar refractivity (Wildman–Crippen MR) is 80.2 cm³/mol. The highest BCUT2D eigenvalue weighted by molar-refractivity contribution is 6.04. The fourth-order valence-electron chi connectivity index (χ4n) is 1.78. The van der Waals surface area contributed by atoms with Gasteiger partial charge in [-0.1, -0.05) is 0 Å². The van der Waals surface area contributed by atoms with Crippen LogP contribution in [0, 0.1) is 0 Å². The van der Waals surface area contributed by atoms with Crippen LogP contribution >= 0.6 is 0 Å². The van der Waals surface area contributed by atoms with Crippen LogP contribution in [-0.4, -0.2) is 33.4 Å². The summed E-state index contributed by atoms with van der Waals surface area (Å²) in [5.41, 5.74) is -0.735. The zero-order valence-corrected chi connectivity index (χ0v) is 12.9. The van der Waals surface area contributed by atoms with Gasteiger partial charge in [0.2, 0.25) is 0 Å². The van der Waals surface area contributed by atoms with E-state index in [0.717, 1.165) is 0 Å². The highest BCUT2D eigenvalue weighted by Crippen LogP contribution is 2.19. The third-order valence-electron chi connectivity index (χ3n) is 3.28. The molecule has 0 fully saturated rings. The number of amides is 1. The second kappa shape index (κ2) is 6.65. The van der Waals surface area contributed by atoms with Crippen molar-refractivity contribution in [3.63, 3.8) is 0 Å². The van der Waals surface area contributed by atoms with Gasteiger partial charge in [0.1, 0.15) is 5.75 Å². The van der Waals surface area contributed by atoms with E-state index in [-0.39, 0.29) is 11.3 Å². The minimum atomic E-state index is -2.94. The molecule has 0 saturated heterocycles. The van der Waals surface area contributed by atoms with Gasteiger partial charge in [0.25, 0.3) is 5.91 Å². The smallest absolute Gasteiger partial charge is 0.387 e. The maximum Gasteiger partial charge on any atom is 0.387 e. The molecule has 128 valence electrons. The number of carbonyl (C=O) groups is 2. The second-order valence-electron chi connectivity index (χ2n) is 5.39. The summed E-state index contributed by atoms with van der Waals surface area (Å²) in [4.78, 5) is 23.3. The molecule has 0 aliphatic rings. The summed E-state index contributed by atoms with van der Waals surface area (Å²) in [6.45, 7) is -0.00109. The summed E-state index contributed by atoms with van der Waals surface area (Å²) in [6, 6.07) is 5.16. The summed E-state index contributed by atoms with van der Waals surface area (Å²) < 4.78 is 29.5. The van der Waals surface area contributed by atoms with Crippen molar-refractivity contribution in [1.82, 2.24) is 9.78 Å². The number of alkyl halides is 2. The Morgan fingerprint density at radius 2 is 1.92 bits per heavy atom. The lowest BCUT2D eigenvalue weighted by molar-refractivity contribution is -0.146. The summed E-state index contributed by atoms with van der Waals surface area (Å²) in [7, 11) is 0. The first kappa shape index (κ1) is 17.4. The SMILES string of the molecule is CC(C)(C(=O)O)n1cc(NC(=O)c2ccc(OC(F)F)cc2)cn1. The summed E-state index contributed by atoms with van der Waals surface area (Å²) in [5, 5.41) is 15.6. The molecule has 1 aromatic carbocycles. The van der Waals surface area contributed by atoms with E-state index in [2.05, 4.69) is 15.2 Å². The number of hydrogen-bond acceptors (Lipinski definition) is 4. The Balaban J connectivity index is 2.07. The number of aromatic nitrogens is 2.